The monoisotopic (exact) mass is 400 g/mol. The molecule has 1 aliphatic rings. The normalized spacial score (nSPS) is 15.8. The van der Waals surface area contributed by atoms with E-state index in [1.807, 2.05) is 36.4 Å². The van der Waals surface area contributed by atoms with Crippen LogP contribution < -0.4 is 16.1 Å². The third-order valence-electron chi connectivity index (χ3n) is 5.16. The third-order valence-corrected chi connectivity index (χ3v) is 5.39. The summed E-state index contributed by atoms with van der Waals surface area (Å²) in [5.41, 5.74) is 7.60. The minimum absolute atomic E-state index is 0.0183. The Morgan fingerprint density at radius 3 is 2.66 bits per heavy atom. The van der Waals surface area contributed by atoms with Crippen LogP contribution in [0.5, 0.6) is 5.75 Å². The van der Waals surface area contributed by atoms with Gasteiger partial charge in [-0.25, -0.2) is 4.79 Å². The minimum atomic E-state index is -0.585. The van der Waals surface area contributed by atoms with Crippen molar-refractivity contribution in [2.75, 3.05) is 0 Å². The molecular weight excluding hydrogens is 388 g/mol. The first kappa shape index (κ1) is 17.4. The number of nitrogens with two attached hydrogens (primary N) is 1. The molecule has 0 amide bonds. The molecule has 29 heavy (non-hydrogen) atoms. The van der Waals surface area contributed by atoms with E-state index < -0.39 is 11.5 Å². The van der Waals surface area contributed by atoms with Gasteiger partial charge in [-0.3, -0.25) is 0 Å². The fraction of sp³-hybridized carbons (Fsp3) is 0.0435. The van der Waals surface area contributed by atoms with Gasteiger partial charge in [-0.1, -0.05) is 48.0 Å². The number of hydrogen-bond acceptors (Lipinski definition) is 5. The quantitative estimate of drug-likeness (QED) is 0.463. The van der Waals surface area contributed by atoms with Crippen molar-refractivity contribution in [2.45, 2.75) is 5.92 Å². The van der Waals surface area contributed by atoms with E-state index in [9.17, 15) is 10.1 Å². The first-order chi connectivity index (χ1) is 14.1. The summed E-state index contributed by atoms with van der Waals surface area (Å²) in [5.74, 6) is 0.0104. The number of allylic oxidation sites excluding steroid dienone is 1. The molecule has 5 nitrogen and oxygen atoms in total. The molecule has 0 spiro atoms. The molecule has 0 aliphatic carbocycles. The van der Waals surface area contributed by atoms with Crippen LogP contribution in [-0.2, 0) is 0 Å². The van der Waals surface area contributed by atoms with Crippen LogP contribution in [0.2, 0.25) is 5.02 Å². The smallest absolute Gasteiger partial charge is 0.336 e. The van der Waals surface area contributed by atoms with Gasteiger partial charge in [-0.15, -0.1) is 0 Å². The van der Waals surface area contributed by atoms with E-state index in [0.717, 1.165) is 16.3 Å². The fourth-order valence-electron chi connectivity index (χ4n) is 3.90. The van der Waals surface area contributed by atoms with Crippen molar-refractivity contribution >= 4 is 33.3 Å². The number of fused-ring (bicyclic) bond motifs is 4. The Hall–Kier alpha value is -3.75. The van der Waals surface area contributed by atoms with Crippen LogP contribution in [-0.4, -0.2) is 0 Å². The lowest BCUT2D eigenvalue weighted by atomic mass is 9.81. The molecule has 1 aromatic heterocycles. The summed E-state index contributed by atoms with van der Waals surface area (Å²) in [7, 11) is 0. The van der Waals surface area contributed by atoms with E-state index in [4.69, 9.17) is 26.5 Å². The van der Waals surface area contributed by atoms with Gasteiger partial charge in [0, 0.05) is 27.4 Å². The number of halogens is 1. The highest BCUT2D eigenvalue weighted by atomic mass is 35.5. The standard InChI is InChI=1S/C23H13ClN2O3/c24-13-6-8-19-16(9-13)17(10-20(27)28-19)21-15-7-5-12-3-1-2-4-14(12)22(15)29-23(26)18(21)11-25/h1-10,21H,26H2. The summed E-state index contributed by atoms with van der Waals surface area (Å²) >= 11 is 6.20. The summed E-state index contributed by atoms with van der Waals surface area (Å²) in [4.78, 5) is 12.3. The molecule has 140 valence electrons. The second-order valence-corrected chi connectivity index (χ2v) is 7.23. The van der Waals surface area contributed by atoms with Crippen molar-refractivity contribution in [1.82, 2.24) is 0 Å². The molecule has 4 aromatic rings. The zero-order valence-electron chi connectivity index (χ0n) is 15.0. The molecule has 0 saturated heterocycles. The van der Waals surface area contributed by atoms with Gasteiger partial charge in [0.15, 0.2) is 0 Å². The molecule has 0 radical (unpaired) electrons. The summed E-state index contributed by atoms with van der Waals surface area (Å²) in [5, 5.41) is 12.8. The number of rotatable bonds is 1. The Morgan fingerprint density at radius 2 is 1.83 bits per heavy atom. The summed E-state index contributed by atoms with van der Waals surface area (Å²) in [6.45, 7) is 0. The Balaban J connectivity index is 1.90. The van der Waals surface area contributed by atoms with Crippen molar-refractivity contribution < 1.29 is 9.15 Å². The van der Waals surface area contributed by atoms with E-state index in [1.54, 1.807) is 18.2 Å². The van der Waals surface area contributed by atoms with Crippen LogP contribution in [0.1, 0.15) is 17.0 Å². The second kappa shape index (κ2) is 6.40. The molecule has 5 rings (SSSR count). The molecule has 2 N–H and O–H groups in total. The average molecular weight is 401 g/mol. The van der Waals surface area contributed by atoms with Crippen molar-refractivity contribution in [2.24, 2.45) is 5.73 Å². The Bertz CT molecular complexity index is 1450. The molecule has 6 heteroatoms. The number of ether oxygens (including phenoxy) is 1. The first-order valence-corrected chi connectivity index (χ1v) is 9.27. The van der Waals surface area contributed by atoms with Gasteiger partial charge in [-0.2, -0.15) is 5.26 Å². The maximum absolute atomic E-state index is 12.3. The number of nitriles is 1. The lowest BCUT2D eigenvalue weighted by molar-refractivity contribution is 0.398. The Morgan fingerprint density at radius 1 is 1.00 bits per heavy atom. The van der Waals surface area contributed by atoms with E-state index in [1.165, 1.54) is 6.07 Å². The molecule has 0 bridgehead atoms. The van der Waals surface area contributed by atoms with Gasteiger partial charge in [0.1, 0.15) is 23.0 Å². The van der Waals surface area contributed by atoms with Gasteiger partial charge in [0.05, 0.1) is 5.92 Å². The van der Waals surface area contributed by atoms with Gasteiger partial charge >= 0.3 is 5.63 Å². The third kappa shape index (κ3) is 2.65. The number of benzene rings is 3. The summed E-state index contributed by atoms with van der Waals surface area (Å²) in [6, 6.07) is 20.2. The Labute approximate surface area is 170 Å². The zero-order chi connectivity index (χ0) is 20.1. The molecule has 0 fully saturated rings. The maximum Gasteiger partial charge on any atom is 0.336 e. The first-order valence-electron chi connectivity index (χ1n) is 8.89. The molecule has 3 aromatic carbocycles. The number of nitrogens with zero attached hydrogens (tertiary/aromatic N) is 1. The fourth-order valence-corrected chi connectivity index (χ4v) is 4.08. The van der Waals surface area contributed by atoms with Crippen molar-refractivity contribution in [3.8, 4) is 11.8 Å². The molecule has 0 saturated carbocycles. The maximum atomic E-state index is 12.3. The highest BCUT2D eigenvalue weighted by Gasteiger charge is 2.33. The second-order valence-electron chi connectivity index (χ2n) is 6.79. The lowest BCUT2D eigenvalue weighted by Crippen LogP contribution is -2.22. The molecule has 1 unspecified atom stereocenters. The molecular formula is C23H13ClN2O3. The van der Waals surface area contributed by atoms with Crippen LogP contribution in [0.25, 0.3) is 21.7 Å². The zero-order valence-corrected chi connectivity index (χ0v) is 15.7. The van der Waals surface area contributed by atoms with Crippen LogP contribution in [0.15, 0.2) is 81.3 Å². The molecule has 2 heterocycles. The van der Waals surface area contributed by atoms with Crippen LogP contribution in [0.4, 0.5) is 0 Å². The van der Waals surface area contributed by atoms with Gasteiger partial charge < -0.3 is 14.9 Å². The van der Waals surface area contributed by atoms with Crippen LogP contribution in [0, 0.1) is 11.3 Å². The van der Waals surface area contributed by atoms with Crippen LogP contribution in [0.3, 0.4) is 0 Å². The van der Waals surface area contributed by atoms with Crippen molar-refractivity contribution in [3.05, 3.63) is 98.7 Å². The predicted octanol–water partition coefficient (Wildman–Crippen LogP) is 4.82. The topological polar surface area (TPSA) is 89.3 Å². The van der Waals surface area contributed by atoms with Crippen molar-refractivity contribution in [3.63, 3.8) is 0 Å². The average Bonchev–Trinajstić information content (AvgIpc) is 2.72. The largest absolute Gasteiger partial charge is 0.440 e. The summed E-state index contributed by atoms with van der Waals surface area (Å²) < 4.78 is 11.2. The van der Waals surface area contributed by atoms with E-state index in [0.29, 0.717) is 27.3 Å². The van der Waals surface area contributed by atoms with E-state index in [2.05, 4.69) is 6.07 Å². The highest BCUT2D eigenvalue weighted by Crippen LogP contribution is 2.46. The van der Waals surface area contributed by atoms with E-state index >= 15 is 0 Å². The molecule has 1 aliphatic heterocycles. The van der Waals surface area contributed by atoms with Gasteiger partial charge in [-0.05, 0) is 29.1 Å². The number of hydrogen-bond donors (Lipinski definition) is 1. The van der Waals surface area contributed by atoms with Gasteiger partial charge in [0.2, 0.25) is 5.88 Å². The van der Waals surface area contributed by atoms with Crippen LogP contribution >= 0.6 is 11.6 Å². The van der Waals surface area contributed by atoms with Crippen molar-refractivity contribution in [1.29, 1.82) is 5.26 Å². The predicted molar refractivity (Wildman–Crippen MR) is 111 cm³/mol. The summed E-state index contributed by atoms with van der Waals surface area (Å²) in [6.07, 6.45) is 0. The molecule has 1 atom stereocenters. The SMILES string of the molecule is N#CC1=C(N)Oc2c(ccc3ccccc23)C1c1cc(=O)oc2ccc(Cl)cc12. The van der Waals surface area contributed by atoms with Gasteiger partial charge in [0.25, 0.3) is 0 Å². The highest BCUT2D eigenvalue weighted by molar-refractivity contribution is 6.31. The minimum Gasteiger partial charge on any atom is -0.440 e. The lowest BCUT2D eigenvalue weighted by Gasteiger charge is -2.28. The Kier molecular flexibility index (Phi) is 3.83. The van der Waals surface area contributed by atoms with E-state index in [-0.39, 0.29) is 11.5 Å².